The number of hydrogen-bond acceptors (Lipinski definition) is 2. The standard InChI is InChI=1S/C12H19NOS/c1-10(2)15(14)9-12(13-3)11-7-5-4-6-8-11/h4-8,10,12-13H,9H2,1-3H3. The number of rotatable bonds is 5. The molecule has 0 saturated carbocycles. The first-order valence-electron chi connectivity index (χ1n) is 5.24. The topological polar surface area (TPSA) is 29.1 Å². The van der Waals surface area contributed by atoms with Gasteiger partial charge in [-0.25, -0.2) is 0 Å². The van der Waals surface area contributed by atoms with Gasteiger partial charge in [0.1, 0.15) is 0 Å². The van der Waals surface area contributed by atoms with Gasteiger partial charge in [0.25, 0.3) is 0 Å². The van der Waals surface area contributed by atoms with Gasteiger partial charge in [-0.05, 0) is 12.6 Å². The van der Waals surface area contributed by atoms with Crippen molar-refractivity contribution in [2.75, 3.05) is 12.8 Å². The van der Waals surface area contributed by atoms with Crippen molar-refractivity contribution in [3.8, 4) is 0 Å². The lowest BCUT2D eigenvalue weighted by atomic mass is 10.1. The van der Waals surface area contributed by atoms with E-state index in [9.17, 15) is 4.21 Å². The molecule has 0 bridgehead atoms. The van der Waals surface area contributed by atoms with Crippen molar-refractivity contribution in [2.45, 2.75) is 25.1 Å². The van der Waals surface area contributed by atoms with Gasteiger partial charge >= 0.3 is 0 Å². The summed E-state index contributed by atoms with van der Waals surface area (Å²) in [6.45, 7) is 3.99. The van der Waals surface area contributed by atoms with Crippen LogP contribution in [0, 0.1) is 0 Å². The van der Waals surface area contributed by atoms with Crippen molar-refractivity contribution >= 4 is 10.8 Å². The van der Waals surface area contributed by atoms with Crippen LogP contribution in [-0.4, -0.2) is 22.3 Å². The lowest BCUT2D eigenvalue weighted by Crippen LogP contribution is -2.25. The average Bonchev–Trinajstić information content (AvgIpc) is 2.26. The summed E-state index contributed by atoms with van der Waals surface area (Å²) in [5.41, 5.74) is 1.20. The van der Waals surface area contributed by atoms with Crippen molar-refractivity contribution in [1.29, 1.82) is 0 Å². The summed E-state index contributed by atoms with van der Waals surface area (Å²) in [7, 11) is 1.15. The molecule has 0 spiro atoms. The van der Waals surface area contributed by atoms with Gasteiger partial charge in [-0.2, -0.15) is 0 Å². The smallest absolute Gasteiger partial charge is 0.0434 e. The Labute approximate surface area is 94.5 Å². The summed E-state index contributed by atoms with van der Waals surface area (Å²) in [6.07, 6.45) is 0. The summed E-state index contributed by atoms with van der Waals surface area (Å²) in [5.74, 6) is 0.679. The van der Waals surface area contributed by atoms with E-state index in [4.69, 9.17) is 0 Å². The minimum atomic E-state index is -0.765. The maximum absolute atomic E-state index is 11.8. The van der Waals surface area contributed by atoms with E-state index >= 15 is 0 Å². The molecule has 0 amide bonds. The zero-order chi connectivity index (χ0) is 11.3. The predicted octanol–water partition coefficient (Wildman–Crippen LogP) is 2.10. The minimum absolute atomic E-state index is 0.189. The molecule has 1 rings (SSSR count). The fraction of sp³-hybridized carbons (Fsp3) is 0.500. The van der Waals surface area contributed by atoms with E-state index in [1.807, 2.05) is 39.1 Å². The van der Waals surface area contributed by atoms with Crippen LogP contribution in [0.2, 0.25) is 0 Å². The van der Waals surface area contributed by atoms with Crippen LogP contribution in [-0.2, 0) is 10.8 Å². The van der Waals surface area contributed by atoms with E-state index in [-0.39, 0.29) is 11.3 Å². The van der Waals surface area contributed by atoms with E-state index in [1.165, 1.54) is 5.56 Å². The molecule has 3 heteroatoms. The number of benzene rings is 1. The molecule has 15 heavy (non-hydrogen) atoms. The first kappa shape index (κ1) is 12.4. The van der Waals surface area contributed by atoms with Crippen molar-refractivity contribution in [3.63, 3.8) is 0 Å². The second kappa shape index (κ2) is 6.03. The van der Waals surface area contributed by atoms with E-state index in [0.29, 0.717) is 5.75 Å². The summed E-state index contributed by atoms with van der Waals surface area (Å²) >= 11 is 0. The SMILES string of the molecule is CNC(CS(=O)C(C)C)c1ccccc1. The van der Waals surface area contributed by atoms with Crippen molar-refractivity contribution in [3.05, 3.63) is 35.9 Å². The first-order valence-corrected chi connectivity index (χ1v) is 6.62. The Bertz CT molecular complexity index is 311. The number of hydrogen-bond donors (Lipinski definition) is 1. The third-order valence-electron chi connectivity index (χ3n) is 2.41. The Kier molecular flexibility index (Phi) is 4.99. The van der Waals surface area contributed by atoms with Gasteiger partial charge in [0.05, 0.1) is 0 Å². The third-order valence-corrected chi connectivity index (χ3v) is 4.12. The van der Waals surface area contributed by atoms with Crippen LogP contribution in [0.15, 0.2) is 30.3 Å². The van der Waals surface area contributed by atoms with Crippen molar-refractivity contribution in [1.82, 2.24) is 5.32 Å². The zero-order valence-electron chi connectivity index (χ0n) is 9.57. The largest absolute Gasteiger partial charge is 0.312 e. The molecule has 0 aliphatic heterocycles. The highest BCUT2D eigenvalue weighted by Crippen LogP contribution is 2.14. The Balaban J connectivity index is 2.69. The van der Waals surface area contributed by atoms with Gasteiger partial charge in [-0.15, -0.1) is 0 Å². The highest BCUT2D eigenvalue weighted by Gasteiger charge is 2.14. The monoisotopic (exact) mass is 225 g/mol. The molecule has 1 aromatic rings. The summed E-state index contributed by atoms with van der Waals surface area (Å²) in [6, 6.07) is 10.3. The van der Waals surface area contributed by atoms with Crippen LogP contribution in [0.3, 0.4) is 0 Å². The Morgan fingerprint density at radius 1 is 1.27 bits per heavy atom. The summed E-state index contributed by atoms with van der Waals surface area (Å²) in [5, 5.41) is 3.44. The highest BCUT2D eigenvalue weighted by molar-refractivity contribution is 7.85. The predicted molar refractivity (Wildman–Crippen MR) is 66.4 cm³/mol. The lowest BCUT2D eigenvalue weighted by molar-refractivity contribution is 0.631. The van der Waals surface area contributed by atoms with Gasteiger partial charge in [0.2, 0.25) is 0 Å². The second-order valence-electron chi connectivity index (χ2n) is 3.85. The Morgan fingerprint density at radius 3 is 2.33 bits per heavy atom. The molecular formula is C12H19NOS. The molecule has 0 aliphatic rings. The van der Waals surface area contributed by atoms with Crippen LogP contribution in [0.25, 0.3) is 0 Å². The second-order valence-corrected chi connectivity index (χ2v) is 5.89. The normalized spacial score (nSPS) is 15.2. The first-order chi connectivity index (χ1) is 7.15. The van der Waals surface area contributed by atoms with Crippen LogP contribution in [0.5, 0.6) is 0 Å². The van der Waals surface area contributed by atoms with Gasteiger partial charge in [0.15, 0.2) is 0 Å². The Morgan fingerprint density at radius 2 is 1.87 bits per heavy atom. The van der Waals surface area contributed by atoms with Crippen molar-refractivity contribution in [2.24, 2.45) is 0 Å². The molecule has 84 valence electrons. The molecule has 2 atom stereocenters. The molecule has 1 N–H and O–H groups in total. The Hall–Kier alpha value is -0.670. The van der Waals surface area contributed by atoms with Gasteiger partial charge in [0, 0.05) is 27.8 Å². The summed E-state index contributed by atoms with van der Waals surface area (Å²) in [4.78, 5) is 0. The molecule has 0 radical (unpaired) electrons. The molecule has 0 heterocycles. The van der Waals surface area contributed by atoms with Crippen LogP contribution in [0.1, 0.15) is 25.5 Å². The molecule has 0 aliphatic carbocycles. The molecular weight excluding hydrogens is 206 g/mol. The maximum atomic E-state index is 11.8. The van der Waals surface area contributed by atoms with E-state index in [1.54, 1.807) is 0 Å². The van der Waals surface area contributed by atoms with Gasteiger partial charge in [-0.1, -0.05) is 44.2 Å². The highest BCUT2D eigenvalue weighted by atomic mass is 32.2. The molecule has 0 fully saturated rings. The van der Waals surface area contributed by atoms with Gasteiger partial charge < -0.3 is 5.32 Å². The minimum Gasteiger partial charge on any atom is -0.312 e. The molecule has 2 nitrogen and oxygen atoms in total. The van der Waals surface area contributed by atoms with E-state index in [2.05, 4.69) is 17.4 Å². The van der Waals surface area contributed by atoms with Crippen molar-refractivity contribution < 1.29 is 4.21 Å². The van der Waals surface area contributed by atoms with Crippen LogP contribution < -0.4 is 5.32 Å². The lowest BCUT2D eigenvalue weighted by Gasteiger charge is -2.17. The van der Waals surface area contributed by atoms with E-state index in [0.717, 1.165) is 0 Å². The maximum Gasteiger partial charge on any atom is 0.0434 e. The van der Waals surface area contributed by atoms with Crippen LogP contribution in [0.4, 0.5) is 0 Å². The quantitative estimate of drug-likeness (QED) is 0.831. The van der Waals surface area contributed by atoms with Gasteiger partial charge in [-0.3, -0.25) is 4.21 Å². The average molecular weight is 225 g/mol. The molecule has 0 saturated heterocycles. The molecule has 2 unspecified atom stereocenters. The fourth-order valence-electron chi connectivity index (χ4n) is 1.39. The molecule has 0 aromatic heterocycles. The molecule has 1 aromatic carbocycles. The summed E-state index contributed by atoms with van der Waals surface area (Å²) < 4.78 is 11.8. The van der Waals surface area contributed by atoms with E-state index < -0.39 is 10.8 Å². The third kappa shape index (κ3) is 3.76. The zero-order valence-corrected chi connectivity index (χ0v) is 10.4. The van der Waals surface area contributed by atoms with Crippen LogP contribution >= 0.6 is 0 Å². The fourth-order valence-corrected chi connectivity index (χ4v) is 2.46. The number of nitrogens with one attached hydrogen (secondary N) is 1.